The van der Waals surface area contributed by atoms with Crippen molar-refractivity contribution in [3.63, 3.8) is 0 Å². The molecule has 0 heterocycles. The Hall–Kier alpha value is -0.610. The topological polar surface area (TPSA) is 61.6 Å². The van der Waals surface area contributed by atoms with Gasteiger partial charge < -0.3 is 15.2 Å². The normalized spacial score (nSPS) is 13.3. The molecular formula is C15H31NO3. The first-order valence-corrected chi connectivity index (χ1v) is 7.38. The Morgan fingerprint density at radius 1 is 1.16 bits per heavy atom. The lowest BCUT2D eigenvalue weighted by molar-refractivity contribution is -0.147. The molecule has 0 radical (unpaired) electrons. The number of hydrogen-bond donors (Lipinski definition) is 1. The second-order valence-corrected chi connectivity index (χ2v) is 5.95. The Balaban J connectivity index is 3.67. The predicted octanol–water partition coefficient (Wildman–Crippen LogP) is 2.89. The molecule has 0 saturated carbocycles. The van der Waals surface area contributed by atoms with Gasteiger partial charge in [-0.1, -0.05) is 19.8 Å². The highest BCUT2D eigenvalue weighted by molar-refractivity contribution is 5.69. The SMILES string of the molecule is CCCC(CCN)CCC(=O)OCCOC(C)(C)C. The van der Waals surface area contributed by atoms with Crippen LogP contribution in [0.1, 0.15) is 59.8 Å². The standard InChI is InChI=1S/C15H31NO3/c1-5-6-13(9-10-16)7-8-14(17)18-11-12-19-15(2,3)4/h13H,5-12,16H2,1-4H3. The molecule has 0 aromatic carbocycles. The van der Waals surface area contributed by atoms with E-state index in [4.69, 9.17) is 15.2 Å². The summed E-state index contributed by atoms with van der Waals surface area (Å²) in [6.07, 6.45) is 4.63. The van der Waals surface area contributed by atoms with Crippen LogP contribution in [0.4, 0.5) is 0 Å². The number of esters is 1. The number of rotatable bonds is 10. The highest BCUT2D eigenvalue weighted by Crippen LogP contribution is 2.17. The molecule has 0 aliphatic rings. The van der Waals surface area contributed by atoms with Crippen LogP contribution in [0.15, 0.2) is 0 Å². The molecule has 0 fully saturated rings. The first-order chi connectivity index (χ1) is 8.89. The van der Waals surface area contributed by atoms with Crippen LogP contribution in [0, 0.1) is 5.92 Å². The molecule has 0 aliphatic carbocycles. The molecule has 0 amide bonds. The van der Waals surface area contributed by atoms with Gasteiger partial charge >= 0.3 is 5.97 Å². The van der Waals surface area contributed by atoms with Crippen molar-refractivity contribution in [2.75, 3.05) is 19.8 Å². The van der Waals surface area contributed by atoms with Crippen LogP contribution >= 0.6 is 0 Å². The van der Waals surface area contributed by atoms with Gasteiger partial charge in [0.1, 0.15) is 6.61 Å². The van der Waals surface area contributed by atoms with E-state index in [1.54, 1.807) is 0 Å². The lowest BCUT2D eigenvalue weighted by Crippen LogP contribution is -2.22. The molecule has 114 valence electrons. The van der Waals surface area contributed by atoms with Gasteiger partial charge in [0.05, 0.1) is 12.2 Å². The third-order valence-electron chi connectivity index (χ3n) is 2.91. The molecule has 0 saturated heterocycles. The zero-order chi connectivity index (χ0) is 14.7. The van der Waals surface area contributed by atoms with Gasteiger partial charge in [0, 0.05) is 6.42 Å². The molecule has 19 heavy (non-hydrogen) atoms. The van der Waals surface area contributed by atoms with E-state index in [0.29, 0.717) is 32.1 Å². The Morgan fingerprint density at radius 3 is 2.37 bits per heavy atom. The molecule has 4 heteroatoms. The van der Waals surface area contributed by atoms with E-state index in [0.717, 1.165) is 25.7 Å². The minimum absolute atomic E-state index is 0.129. The van der Waals surface area contributed by atoms with Crippen molar-refractivity contribution in [1.29, 1.82) is 0 Å². The molecule has 0 aromatic rings. The quantitative estimate of drug-likeness (QED) is 0.491. The lowest BCUT2D eigenvalue weighted by atomic mass is 9.95. The Morgan fingerprint density at radius 2 is 1.84 bits per heavy atom. The fourth-order valence-electron chi connectivity index (χ4n) is 1.97. The minimum Gasteiger partial charge on any atom is -0.463 e. The largest absolute Gasteiger partial charge is 0.463 e. The van der Waals surface area contributed by atoms with Crippen LogP contribution in [-0.4, -0.2) is 31.3 Å². The van der Waals surface area contributed by atoms with Crippen LogP contribution in [-0.2, 0) is 14.3 Å². The third-order valence-corrected chi connectivity index (χ3v) is 2.91. The lowest BCUT2D eigenvalue weighted by Gasteiger charge is -2.19. The molecule has 0 aromatic heterocycles. The highest BCUT2D eigenvalue weighted by atomic mass is 16.6. The Labute approximate surface area is 118 Å². The van der Waals surface area contributed by atoms with Crippen LogP contribution in [0.5, 0.6) is 0 Å². The molecule has 1 unspecified atom stereocenters. The maximum absolute atomic E-state index is 11.6. The van der Waals surface area contributed by atoms with E-state index >= 15 is 0 Å². The van der Waals surface area contributed by atoms with Gasteiger partial charge in [0.25, 0.3) is 0 Å². The first-order valence-electron chi connectivity index (χ1n) is 7.38. The number of nitrogens with two attached hydrogens (primary N) is 1. The van der Waals surface area contributed by atoms with Crippen molar-refractivity contribution in [2.24, 2.45) is 11.7 Å². The number of carbonyl (C=O) groups is 1. The summed E-state index contributed by atoms with van der Waals surface area (Å²) >= 11 is 0. The van der Waals surface area contributed by atoms with Crippen LogP contribution in [0.2, 0.25) is 0 Å². The smallest absolute Gasteiger partial charge is 0.305 e. The van der Waals surface area contributed by atoms with Crippen molar-refractivity contribution in [3.8, 4) is 0 Å². The maximum atomic E-state index is 11.6. The molecule has 2 N–H and O–H groups in total. The van der Waals surface area contributed by atoms with E-state index < -0.39 is 0 Å². The van der Waals surface area contributed by atoms with Crippen molar-refractivity contribution in [1.82, 2.24) is 0 Å². The molecule has 0 bridgehead atoms. The first kappa shape index (κ1) is 18.4. The molecule has 1 atom stereocenters. The summed E-state index contributed by atoms with van der Waals surface area (Å²) in [5.41, 5.74) is 5.39. The van der Waals surface area contributed by atoms with Gasteiger partial charge in [-0.25, -0.2) is 0 Å². The number of carbonyl (C=O) groups excluding carboxylic acids is 1. The van der Waals surface area contributed by atoms with E-state index in [1.807, 2.05) is 20.8 Å². The Kier molecular flexibility index (Phi) is 9.88. The fourth-order valence-corrected chi connectivity index (χ4v) is 1.97. The average molecular weight is 273 g/mol. The summed E-state index contributed by atoms with van der Waals surface area (Å²) in [5.74, 6) is 0.420. The van der Waals surface area contributed by atoms with Crippen LogP contribution in [0.3, 0.4) is 0 Å². The fraction of sp³-hybridized carbons (Fsp3) is 0.933. The molecule has 0 rings (SSSR count). The van der Waals surface area contributed by atoms with E-state index in [1.165, 1.54) is 0 Å². The zero-order valence-corrected chi connectivity index (χ0v) is 13.0. The van der Waals surface area contributed by atoms with Crippen LogP contribution in [0.25, 0.3) is 0 Å². The second kappa shape index (κ2) is 10.2. The van der Waals surface area contributed by atoms with E-state index in [-0.39, 0.29) is 11.6 Å². The predicted molar refractivity (Wildman–Crippen MR) is 78.0 cm³/mol. The van der Waals surface area contributed by atoms with E-state index in [9.17, 15) is 4.79 Å². The summed E-state index contributed by atoms with van der Waals surface area (Å²) in [6, 6.07) is 0. The number of ether oxygens (including phenoxy) is 2. The third kappa shape index (κ3) is 12.2. The molecular weight excluding hydrogens is 242 g/mol. The second-order valence-electron chi connectivity index (χ2n) is 5.95. The van der Waals surface area contributed by atoms with Gasteiger partial charge in [0.2, 0.25) is 0 Å². The van der Waals surface area contributed by atoms with E-state index in [2.05, 4.69) is 6.92 Å². The van der Waals surface area contributed by atoms with Crippen molar-refractivity contribution >= 4 is 5.97 Å². The van der Waals surface area contributed by atoms with Gasteiger partial charge in [0.15, 0.2) is 0 Å². The Bertz CT molecular complexity index is 230. The summed E-state index contributed by atoms with van der Waals surface area (Å²) < 4.78 is 10.6. The van der Waals surface area contributed by atoms with Crippen molar-refractivity contribution < 1.29 is 14.3 Å². The molecule has 0 spiro atoms. The van der Waals surface area contributed by atoms with Gasteiger partial charge in [-0.2, -0.15) is 0 Å². The highest BCUT2D eigenvalue weighted by Gasteiger charge is 2.12. The minimum atomic E-state index is -0.181. The number of hydrogen-bond acceptors (Lipinski definition) is 4. The maximum Gasteiger partial charge on any atom is 0.305 e. The molecule has 0 aliphatic heterocycles. The summed E-state index contributed by atoms with van der Waals surface area (Å²) in [4.78, 5) is 11.6. The van der Waals surface area contributed by atoms with Gasteiger partial charge in [-0.05, 0) is 46.1 Å². The molecule has 4 nitrogen and oxygen atoms in total. The van der Waals surface area contributed by atoms with Crippen LogP contribution < -0.4 is 5.73 Å². The summed E-state index contributed by atoms with van der Waals surface area (Å²) in [7, 11) is 0. The van der Waals surface area contributed by atoms with Gasteiger partial charge in [-0.15, -0.1) is 0 Å². The van der Waals surface area contributed by atoms with Gasteiger partial charge in [-0.3, -0.25) is 4.79 Å². The zero-order valence-electron chi connectivity index (χ0n) is 13.0. The van der Waals surface area contributed by atoms with Crippen molar-refractivity contribution in [3.05, 3.63) is 0 Å². The summed E-state index contributed by atoms with van der Waals surface area (Å²) in [6.45, 7) is 9.59. The summed E-state index contributed by atoms with van der Waals surface area (Å²) in [5, 5.41) is 0. The average Bonchev–Trinajstić information content (AvgIpc) is 2.31. The van der Waals surface area contributed by atoms with Crippen molar-refractivity contribution in [2.45, 2.75) is 65.4 Å². The monoisotopic (exact) mass is 273 g/mol.